The van der Waals surface area contributed by atoms with Crippen LogP contribution in [0, 0.1) is 17.1 Å². The lowest BCUT2D eigenvalue weighted by atomic mass is 10.1. The molecule has 0 bridgehead atoms. The van der Waals surface area contributed by atoms with Gasteiger partial charge >= 0.3 is 0 Å². The van der Waals surface area contributed by atoms with Gasteiger partial charge in [-0.15, -0.1) is 0 Å². The molecule has 160 valence electrons. The van der Waals surface area contributed by atoms with Crippen molar-refractivity contribution in [2.24, 2.45) is 0 Å². The molecule has 0 atom stereocenters. The molecular formula is C26H21FN2O3. The summed E-state index contributed by atoms with van der Waals surface area (Å²) >= 11 is 0. The zero-order chi connectivity index (χ0) is 22.5. The third-order valence-electron chi connectivity index (χ3n) is 5.29. The molecule has 3 aromatic rings. The lowest BCUT2D eigenvalue weighted by Gasteiger charge is -2.16. The van der Waals surface area contributed by atoms with E-state index in [-0.39, 0.29) is 23.9 Å². The zero-order valence-corrected chi connectivity index (χ0v) is 17.5. The smallest absolute Gasteiger partial charge is 0.268 e. The lowest BCUT2D eigenvalue weighted by Crippen LogP contribution is -2.29. The van der Waals surface area contributed by atoms with Crippen LogP contribution in [0.5, 0.6) is 11.5 Å². The van der Waals surface area contributed by atoms with E-state index in [0.29, 0.717) is 23.6 Å². The van der Waals surface area contributed by atoms with E-state index in [1.165, 1.54) is 19.2 Å². The molecule has 1 aliphatic heterocycles. The van der Waals surface area contributed by atoms with Gasteiger partial charge in [-0.25, -0.2) is 4.39 Å². The quantitative estimate of drug-likeness (QED) is 0.413. The molecular weight excluding hydrogens is 407 g/mol. The zero-order valence-electron chi connectivity index (χ0n) is 17.5. The third kappa shape index (κ3) is 4.47. The number of ether oxygens (including phenoxy) is 2. The van der Waals surface area contributed by atoms with Crippen LogP contribution in [0.2, 0.25) is 0 Å². The number of para-hydroxylation sites is 1. The van der Waals surface area contributed by atoms with Crippen molar-refractivity contribution in [1.29, 1.82) is 5.26 Å². The first-order valence-electron chi connectivity index (χ1n) is 10.2. The molecule has 32 heavy (non-hydrogen) atoms. The van der Waals surface area contributed by atoms with E-state index >= 15 is 0 Å². The molecule has 0 N–H and O–H groups in total. The second-order valence-electron chi connectivity index (χ2n) is 7.33. The van der Waals surface area contributed by atoms with Gasteiger partial charge in [0.15, 0.2) is 11.5 Å². The molecule has 0 aromatic heterocycles. The molecule has 0 saturated carbocycles. The van der Waals surface area contributed by atoms with Crippen LogP contribution in [0.3, 0.4) is 0 Å². The van der Waals surface area contributed by atoms with Gasteiger partial charge in [0, 0.05) is 12.2 Å². The summed E-state index contributed by atoms with van der Waals surface area (Å²) < 4.78 is 24.3. The summed E-state index contributed by atoms with van der Waals surface area (Å²) in [7, 11) is 1.52. The van der Waals surface area contributed by atoms with Crippen molar-refractivity contribution in [3.63, 3.8) is 0 Å². The summed E-state index contributed by atoms with van der Waals surface area (Å²) in [6, 6.07) is 21.0. The minimum absolute atomic E-state index is 0.0451. The number of methoxy groups -OCH3 is 1. The van der Waals surface area contributed by atoms with E-state index < -0.39 is 0 Å². The molecule has 1 amide bonds. The van der Waals surface area contributed by atoms with E-state index in [2.05, 4.69) is 0 Å². The van der Waals surface area contributed by atoms with Gasteiger partial charge in [-0.05, 0) is 59.5 Å². The second-order valence-corrected chi connectivity index (χ2v) is 7.33. The largest absolute Gasteiger partial charge is 0.493 e. The van der Waals surface area contributed by atoms with Crippen LogP contribution in [-0.2, 0) is 17.8 Å². The molecule has 0 fully saturated rings. The second kappa shape index (κ2) is 9.36. The van der Waals surface area contributed by atoms with Crippen LogP contribution < -0.4 is 14.4 Å². The van der Waals surface area contributed by atoms with Crippen molar-refractivity contribution in [2.75, 3.05) is 18.6 Å². The van der Waals surface area contributed by atoms with Gasteiger partial charge in [-0.1, -0.05) is 36.4 Å². The SMILES string of the molecule is COc1cc(/C=C(\C#N)C(=O)N2CCc3ccccc32)ccc1OCc1ccc(F)cc1. The molecule has 0 aliphatic carbocycles. The number of rotatable bonds is 6. The van der Waals surface area contributed by atoms with Gasteiger partial charge in [0.1, 0.15) is 24.1 Å². The third-order valence-corrected chi connectivity index (χ3v) is 5.29. The average molecular weight is 428 g/mol. The van der Waals surface area contributed by atoms with Gasteiger partial charge in [-0.3, -0.25) is 4.79 Å². The number of nitriles is 1. The fourth-order valence-electron chi connectivity index (χ4n) is 3.64. The van der Waals surface area contributed by atoms with Crippen LogP contribution in [0.15, 0.2) is 72.3 Å². The highest BCUT2D eigenvalue weighted by Crippen LogP contribution is 2.31. The normalized spacial score (nSPS) is 12.8. The van der Waals surface area contributed by atoms with Crippen LogP contribution >= 0.6 is 0 Å². The summed E-state index contributed by atoms with van der Waals surface area (Å²) in [5, 5.41) is 9.63. The van der Waals surface area contributed by atoms with Crippen molar-refractivity contribution in [1.82, 2.24) is 0 Å². The van der Waals surface area contributed by atoms with Crippen molar-refractivity contribution in [2.45, 2.75) is 13.0 Å². The van der Waals surface area contributed by atoms with E-state index in [9.17, 15) is 14.4 Å². The van der Waals surface area contributed by atoms with Crippen LogP contribution in [-0.4, -0.2) is 19.6 Å². The summed E-state index contributed by atoms with van der Waals surface area (Å²) in [6.07, 6.45) is 2.32. The number of fused-ring (bicyclic) bond motifs is 1. The number of halogens is 1. The Kier molecular flexibility index (Phi) is 6.18. The first-order chi connectivity index (χ1) is 15.6. The van der Waals surface area contributed by atoms with Gasteiger partial charge in [0.05, 0.1) is 7.11 Å². The molecule has 0 radical (unpaired) electrons. The Morgan fingerprint density at radius 1 is 1.12 bits per heavy atom. The lowest BCUT2D eigenvalue weighted by molar-refractivity contribution is -0.114. The summed E-state index contributed by atoms with van der Waals surface area (Å²) in [5.41, 5.74) is 3.46. The number of carbonyl (C=O) groups excluding carboxylic acids is 1. The van der Waals surface area contributed by atoms with Crippen LogP contribution in [0.25, 0.3) is 6.08 Å². The van der Waals surface area contributed by atoms with Gasteiger partial charge < -0.3 is 14.4 Å². The fourth-order valence-corrected chi connectivity index (χ4v) is 3.64. The highest BCUT2D eigenvalue weighted by molar-refractivity contribution is 6.12. The molecule has 0 spiro atoms. The Morgan fingerprint density at radius 2 is 1.91 bits per heavy atom. The van der Waals surface area contributed by atoms with Gasteiger partial charge in [0.2, 0.25) is 0 Å². The highest BCUT2D eigenvalue weighted by Gasteiger charge is 2.26. The van der Waals surface area contributed by atoms with E-state index in [0.717, 1.165) is 23.2 Å². The molecule has 1 aliphatic rings. The van der Waals surface area contributed by atoms with Crippen LogP contribution in [0.1, 0.15) is 16.7 Å². The summed E-state index contributed by atoms with van der Waals surface area (Å²) in [4.78, 5) is 14.6. The predicted octanol–water partition coefficient (Wildman–Crippen LogP) is 4.91. The van der Waals surface area contributed by atoms with Crippen molar-refractivity contribution in [3.05, 3.63) is 94.8 Å². The summed E-state index contributed by atoms with van der Waals surface area (Å²) in [5.74, 6) is 0.347. The topological polar surface area (TPSA) is 62.6 Å². The molecule has 0 unspecified atom stereocenters. The Hall–Kier alpha value is -4.11. The molecule has 1 heterocycles. The van der Waals surface area contributed by atoms with E-state index in [1.807, 2.05) is 30.3 Å². The Balaban J connectivity index is 1.53. The van der Waals surface area contributed by atoms with Crippen molar-refractivity contribution in [3.8, 4) is 17.6 Å². The fraction of sp³-hybridized carbons (Fsp3) is 0.154. The first kappa shape index (κ1) is 21.1. The number of carbonyl (C=O) groups is 1. The molecule has 6 heteroatoms. The molecule has 3 aromatic carbocycles. The number of amides is 1. The van der Waals surface area contributed by atoms with Crippen LogP contribution in [0.4, 0.5) is 10.1 Å². The highest BCUT2D eigenvalue weighted by atomic mass is 19.1. The molecule has 5 nitrogen and oxygen atoms in total. The number of hydrogen-bond donors (Lipinski definition) is 0. The molecule has 0 saturated heterocycles. The average Bonchev–Trinajstić information content (AvgIpc) is 3.26. The minimum atomic E-state index is -0.326. The maximum absolute atomic E-state index is 13.1. The number of hydrogen-bond acceptors (Lipinski definition) is 4. The van der Waals surface area contributed by atoms with Crippen molar-refractivity contribution < 1.29 is 18.7 Å². The Bertz CT molecular complexity index is 1210. The summed E-state index contributed by atoms with van der Waals surface area (Å²) in [6.45, 7) is 0.804. The Labute approximate surface area is 185 Å². The number of nitrogens with zero attached hydrogens (tertiary/aromatic N) is 2. The molecule has 4 rings (SSSR count). The number of benzene rings is 3. The van der Waals surface area contributed by atoms with Gasteiger partial charge in [-0.2, -0.15) is 5.26 Å². The first-order valence-corrected chi connectivity index (χ1v) is 10.2. The maximum atomic E-state index is 13.1. The van der Waals surface area contributed by atoms with Crippen molar-refractivity contribution >= 4 is 17.7 Å². The predicted molar refractivity (Wildman–Crippen MR) is 120 cm³/mol. The minimum Gasteiger partial charge on any atom is -0.493 e. The number of anilines is 1. The van der Waals surface area contributed by atoms with Gasteiger partial charge in [0.25, 0.3) is 5.91 Å². The van der Waals surface area contributed by atoms with E-state index in [4.69, 9.17) is 9.47 Å². The van der Waals surface area contributed by atoms with E-state index in [1.54, 1.807) is 41.3 Å². The standard InChI is InChI=1S/C26H21FN2O3/c1-31-25-15-19(8-11-24(25)32-17-18-6-9-22(27)10-7-18)14-21(16-28)26(30)29-13-12-20-4-2-3-5-23(20)29/h2-11,14-15H,12-13,17H2,1H3/b21-14+. The monoisotopic (exact) mass is 428 g/mol. The Morgan fingerprint density at radius 3 is 2.66 bits per heavy atom. The maximum Gasteiger partial charge on any atom is 0.268 e.